The van der Waals surface area contributed by atoms with Crippen LogP contribution in [0.2, 0.25) is 0 Å². The number of rotatable bonds is 3. The average Bonchev–Trinajstić information content (AvgIpc) is 2.73. The Labute approximate surface area is 120 Å². The number of benzene rings is 1. The SMILES string of the molecule is COc1cccc2c(CC3CCNCC3)c(C)n(C)c12. The summed E-state index contributed by atoms with van der Waals surface area (Å²) in [6, 6.07) is 6.39. The van der Waals surface area contributed by atoms with Crippen molar-refractivity contribution in [3.63, 3.8) is 0 Å². The smallest absolute Gasteiger partial charge is 0.143 e. The van der Waals surface area contributed by atoms with Crippen LogP contribution in [0.5, 0.6) is 5.75 Å². The first-order chi connectivity index (χ1) is 9.72. The first-order valence-corrected chi connectivity index (χ1v) is 7.54. The molecule has 3 nitrogen and oxygen atoms in total. The van der Waals surface area contributed by atoms with E-state index in [1.165, 1.54) is 41.4 Å². The summed E-state index contributed by atoms with van der Waals surface area (Å²) in [5.74, 6) is 1.79. The Kier molecular flexibility index (Phi) is 3.70. The summed E-state index contributed by atoms with van der Waals surface area (Å²) in [5.41, 5.74) is 4.12. The molecule has 1 aliphatic rings. The highest BCUT2D eigenvalue weighted by molar-refractivity contribution is 5.90. The number of hydrogen-bond acceptors (Lipinski definition) is 2. The molecule has 2 aromatic rings. The number of nitrogens with one attached hydrogen (secondary N) is 1. The Bertz CT molecular complexity index is 609. The van der Waals surface area contributed by atoms with Crippen molar-refractivity contribution in [3.8, 4) is 5.75 Å². The molecule has 1 aromatic heterocycles. The van der Waals surface area contributed by atoms with Gasteiger partial charge in [-0.2, -0.15) is 0 Å². The Morgan fingerprint density at radius 1 is 1.30 bits per heavy atom. The van der Waals surface area contributed by atoms with Gasteiger partial charge in [-0.05, 0) is 56.8 Å². The maximum atomic E-state index is 5.54. The monoisotopic (exact) mass is 272 g/mol. The lowest BCUT2D eigenvalue weighted by Gasteiger charge is -2.22. The molecule has 1 saturated heterocycles. The summed E-state index contributed by atoms with van der Waals surface area (Å²) in [4.78, 5) is 0. The zero-order chi connectivity index (χ0) is 14.1. The van der Waals surface area contributed by atoms with Gasteiger partial charge in [-0.1, -0.05) is 12.1 Å². The van der Waals surface area contributed by atoms with Gasteiger partial charge in [0.25, 0.3) is 0 Å². The van der Waals surface area contributed by atoms with Crippen LogP contribution < -0.4 is 10.1 Å². The molecule has 2 heterocycles. The molecular weight excluding hydrogens is 248 g/mol. The molecule has 1 fully saturated rings. The van der Waals surface area contributed by atoms with Gasteiger partial charge in [-0.25, -0.2) is 0 Å². The van der Waals surface area contributed by atoms with E-state index >= 15 is 0 Å². The second kappa shape index (κ2) is 5.49. The number of hydrogen-bond donors (Lipinski definition) is 1. The third-order valence-corrected chi connectivity index (χ3v) is 4.77. The second-order valence-electron chi connectivity index (χ2n) is 5.88. The predicted molar refractivity (Wildman–Crippen MR) is 83.5 cm³/mol. The maximum absolute atomic E-state index is 5.54. The first-order valence-electron chi connectivity index (χ1n) is 7.54. The van der Waals surface area contributed by atoms with E-state index in [0.717, 1.165) is 24.8 Å². The van der Waals surface area contributed by atoms with E-state index in [-0.39, 0.29) is 0 Å². The van der Waals surface area contributed by atoms with Gasteiger partial charge in [-0.3, -0.25) is 0 Å². The summed E-state index contributed by atoms with van der Waals surface area (Å²) in [7, 11) is 3.90. The van der Waals surface area contributed by atoms with Crippen molar-refractivity contribution in [3.05, 3.63) is 29.5 Å². The third-order valence-electron chi connectivity index (χ3n) is 4.77. The van der Waals surface area contributed by atoms with Crippen LogP contribution in [-0.4, -0.2) is 24.8 Å². The van der Waals surface area contributed by atoms with Crippen LogP contribution >= 0.6 is 0 Å². The minimum atomic E-state index is 0.812. The Balaban J connectivity index is 2.04. The number of ether oxygens (including phenoxy) is 1. The molecule has 3 heteroatoms. The van der Waals surface area contributed by atoms with Gasteiger partial charge in [0.15, 0.2) is 0 Å². The van der Waals surface area contributed by atoms with Crippen LogP contribution in [0.15, 0.2) is 18.2 Å². The number of para-hydroxylation sites is 1. The van der Waals surface area contributed by atoms with Crippen molar-refractivity contribution in [2.75, 3.05) is 20.2 Å². The molecule has 0 spiro atoms. The van der Waals surface area contributed by atoms with Crippen LogP contribution in [0.25, 0.3) is 10.9 Å². The number of aryl methyl sites for hydroxylation is 1. The Morgan fingerprint density at radius 2 is 2.05 bits per heavy atom. The van der Waals surface area contributed by atoms with Crippen LogP contribution in [0, 0.1) is 12.8 Å². The van der Waals surface area contributed by atoms with Gasteiger partial charge in [0.2, 0.25) is 0 Å². The number of fused-ring (bicyclic) bond motifs is 1. The van der Waals surface area contributed by atoms with Crippen LogP contribution in [0.4, 0.5) is 0 Å². The summed E-state index contributed by atoms with van der Waals surface area (Å²) >= 11 is 0. The van der Waals surface area contributed by atoms with E-state index in [4.69, 9.17) is 4.74 Å². The van der Waals surface area contributed by atoms with Gasteiger partial charge >= 0.3 is 0 Å². The average molecular weight is 272 g/mol. The maximum Gasteiger partial charge on any atom is 0.143 e. The number of aromatic nitrogens is 1. The summed E-state index contributed by atoms with van der Waals surface area (Å²) < 4.78 is 7.82. The van der Waals surface area contributed by atoms with E-state index in [9.17, 15) is 0 Å². The van der Waals surface area contributed by atoms with Crippen LogP contribution in [0.1, 0.15) is 24.1 Å². The zero-order valence-electron chi connectivity index (χ0n) is 12.7. The van der Waals surface area contributed by atoms with Crippen molar-refractivity contribution >= 4 is 10.9 Å². The van der Waals surface area contributed by atoms with E-state index in [2.05, 4.69) is 42.1 Å². The first kappa shape index (κ1) is 13.5. The molecule has 1 N–H and O–H groups in total. The quantitative estimate of drug-likeness (QED) is 0.929. The van der Waals surface area contributed by atoms with E-state index in [1.54, 1.807) is 7.11 Å². The van der Waals surface area contributed by atoms with Crippen molar-refractivity contribution in [1.82, 2.24) is 9.88 Å². The topological polar surface area (TPSA) is 26.2 Å². The molecule has 20 heavy (non-hydrogen) atoms. The minimum absolute atomic E-state index is 0.812. The molecule has 0 saturated carbocycles. The lowest BCUT2D eigenvalue weighted by molar-refractivity contribution is 0.373. The molecule has 0 atom stereocenters. The largest absolute Gasteiger partial charge is 0.495 e. The van der Waals surface area contributed by atoms with Gasteiger partial charge in [-0.15, -0.1) is 0 Å². The lowest BCUT2D eigenvalue weighted by Crippen LogP contribution is -2.28. The highest BCUT2D eigenvalue weighted by atomic mass is 16.5. The Hall–Kier alpha value is -1.48. The minimum Gasteiger partial charge on any atom is -0.495 e. The summed E-state index contributed by atoms with van der Waals surface area (Å²) in [5, 5.41) is 4.81. The normalized spacial score (nSPS) is 16.8. The van der Waals surface area contributed by atoms with Crippen molar-refractivity contribution in [1.29, 1.82) is 0 Å². The number of nitrogens with zero attached hydrogens (tertiary/aromatic N) is 1. The highest BCUT2D eigenvalue weighted by Gasteiger charge is 2.20. The lowest BCUT2D eigenvalue weighted by atomic mass is 9.90. The van der Waals surface area contributed by atoms with Crippen LogP contribution in [0.3, 0.4) is 0 Å². The summed E-state index contributed by atoms with van der Waals surface area (Å²) in [6.07, 6.45) is 3.78. The molecule has 0 unspecified atom stereocenters. The second-order valence-corrected chi connectivity index (χ2v) is 5.88. The molecule has 0 aliphatic carbocycles. The number of piperidine rings is 1. The molecule has 1 aromatic carbocycles. The Morgan fingerprint density at radius 3 is 2.75 bits per heavy atom. The number of methoxy groups -OCH3 is 1. The fraction of sp³-hybridized carbons (Fsp3) is 0.529. The van der Waals surface area contributed by atoms with Crippen molar-refractivity contribution < 1.29 is 4.74 Å². The molecule has 0 amide bonds. The molecular formula is C17H24N2O. The molecule has 3 rings (SSSR count). The fourth-order valence-corrected chi connectivity index (χ4v) is 3.47. The molecule has 0 bridgehead atoms. The standard InChI is InChI=1S/C17H24N2O/c1-12-15(11-13-7-9-18-10-8-13)14-5-4-6-16(20-3)17(14)19(12)2/h4-6,13,18H,7-11H2,1-3H3. The molecule has 1 aliphatic heterocycles. The van der Waals surface area contributed by atoms with Gasteiger partial charge in [0.05, 0.1) is 12.6 Å². The van der Waals surface area contributed by atoms with Crippen molar-refractivity contribution in [2.24, 2.45) is 13.0 Å². The predicted octanol–water partition coefficient (Wildman–Crippen LogP) is 3.04. The van der Waals surface area contributed by atoms with Gasteiger partial charge in [0.1, 0.15) is 5.75 Å². The van der Waals surface area contributed by atoms with Gasteiger partial charge in [0, 0.05) is 18.1 Å². The summed E-state index contributed by atoms with van der Waals surface area (Å²) in [6.45, 7) is 4.56. The fourth-order valence-electron chi connectivity index (χ4n) is 3.47. The van der Waals surface area contributed by atoms with Crippen LogP contribution in [-0.2, 0) is 13.5 Å². The molecule has 108 valence electrons. The van der Waals surface area contributed by atoms with E-state index in [1.807, 2.05) is 0 Å². The molecule has 0 radical (unpaired) electrons. The van der Waals surface area contributed by atoms with Crippen molar-refractivity contribution in [2.45, 2.75) is 26.2 Å². The van der Waals surface area contributed by atoms with E-state index < -0.39 is 0 Å². The third kappa shape index (κ3) is 2.20. The van der Waals surface area contributed by atoms with Gasteiger partial charge < -0.3 is 14.6 Å². The van der Waals surface area contributed by atoms with E-state index in [0.29, 0.717) is 0 Å². The highest BCUT2D eigenvalue weighted by Crippen LogP contribution is 2.34. The zero-order valence-corrected chi connectivity index (χ0v) is 12.7.